The van der Waals surface area contributed by atoms with Crippen LogP contribution in [0.15, 0.2) is 36.4 Å². The van der Waals surface area contributed by atoms with E-state index in [1.54, 1.807) is 19.2 Å². The van der Waals surface area contributed by atoms with Crippen molar-refractivity contribution in [3.63, 3.8) is 0 Å². The number of ketones is 1. The van der Waals surface area contributed by atoms with Gasteiger partial charge in [0.15, 0.2) is 5.78 Å². The summed E-state index contributed by atoms with van der Waals surface area (Å²) >= 11 is 0. The lowest BCUT2D eigenvalue weighted by Gasteiger charge is -2.14. The van der Waals surface area contributed by atoms with Crippen molar-refractivity contribution in [3.05, 3.63) is 42.0 Å². The average molecular weight is 299 g/mol. The number of hydrogen-bond acceptors (Lipinski definition) is 3. The van der Waals surface area contributed by atoms with Crippen LogP contribution in [0.4, 0.5) is 0 Å². The van der Waals surface area contributed by atoms with Crippen molar-refractivity contribution in [3.8, 4) is 17.6 Å². The first-order valence-electron chi connectivity index (χ1n) is 7.36. The first-order valence-corrected chi connectivity index (χ1v) is 7.36. The van der Waals surface area contributed by atoms with Gasteiger partial charge >= 0.3 is 0 Å². The van der Waals surface area contributed by atoms with Crippen molar-refractivity contribution >= 4 is 5.78 Å². The van der Waals surface area contributed by atoms with Crippen LogP contribution >= 0.6 is 0 Å². The summed E-state index contributed by atoms with van der Waals surface area (Å²) in [4.78, 5) is 14.2. The summed E-state index contributed by atoms with van der Waals surface area (Å²) in [6.45, 7) is 7.25. The van der Waals surface area contributed by atoms with Crippen molar-refractivity contribution in [2.24, 2.45) is 5.41 Å². The van der Waals surface area contributed by atoms with Gasteiger partial charge in [0.1, 0.15) is 5.75 Å². The number of hydrogen-bond donors (Lipinski definition) is 0. The Morgan fingerprint density at radius 2 is 2.00 bits per heavy atom. The second-order valence-electron chi connectivity index (χ2n) is 6.24. The van der Waals surface area contributed by atoms with Crippen LogP contribution in [0, 0.1) is 17.3 Å². The van der Waals surface area contributed by atoms with Crippen molar-refractivity contribution in [1.29, 1.82) is 0 Å². The number of allylic oxidation sites excluding steroid dienone is 1. The molecule has 0 atom stereocenters. The Bertz CT molecular complexity index is 585. The maximum Gasteiger partial charge on any atom is 0.180 e. The Kier molecular flexibility index (Phi) is 6.88. The maximum absolute atomic E-state index is 12.3. The first-order chi connectivity index (χ1) is 10.3. The molecule has 0 bridgehead atoms. The zero-order chi connectivity index (χ0) is 16.6. The van der Waals surface area contributed by atoms with E-state index in [-0.39, 0.29) is 11.2 Å². The topological polar surface area (TPSA) is 29.5 Å². The Morgan fingerprint density at radius 1 is 1.32 bits per heavy atom. The number of likely N-dealkylation sites (N-methyl/N-ethyl adjacent to an activating group) is 1. The van der Waals surface area contributed by atoms with Gasteiger partial charge in [0, 0.05) is 12.0 Å². The van der Waals surface area contributed by atoms with Crippen LogP contribution in [0.2, 0.25) is 0 Å². The molecule has 1 aromatic rings. The number of rotatable bonds is 6. The standard InChI is InChI=1S/C19H25NO2/c1-19(2,3)13-9-6-10-14-20(4)15-17(21)16-11-7-8-12-18(16)22-5/h6-8,10-12H,14-15H2,1-5H3. The molecular weight excluding hydrogens is 274 g/mol. The van der Waals surface area contributed by atoms with E-state index in [0.29, 0.717) is 24.4 Å². The SMILES string of the molecule is COc1ccccc1C(=O)CN(C)CC=CC#CC(C)(C)C. The van der Waals surface area contributed by atoms with Gasteiger partial charge in [0.25, 0.3) is 0 Å². The molecule has 0 saturated heterocycles. The quantitative estimate of drug-likeness (QED) is 0.595. The predicted molar refractivity (Wildman–Crippen MR) is 91.2 cm³/mol. The fraction of sp³-hybridized carbons (Fsp3) is 0.421. The second-order valence-corrected chi connectivity index (χ2v) is 6.24. The lowest BCUT2D eigenvalue weighted by atomic mass is 9.98. The number of carbonyl (C=O) groups is 1. The molecule has 0 spiro atoms. The van der Waals surface area contributed by atoms with Crippen molar-refractivity contribution in [2.45, 2.75) is 20.8 Å². The fourth-order valence-electron chi connectivity index (χ4n) is 1.82. The molecule has 0 aliphatic heterocycles. The molecule has 22 heavy (non-hydrogen) atoms. The molecule has 0 amide bonds. The van der Waals surface area contributed by atoms with E-state index in [1.165, 1.54) is 0 Å². The van der Waals surface area contributed by atoms with E-state index >= 15 is 0 Å². The van der Waals surface area contributed by atoms with E-state index < -0.39 is 0 Å². The molecule has 3 nitrogen and oxygen atoms in total. The Hall–Kier alpha value is -2.05. The third-order valence-electron chi connectivity index (χ3n) is 2.89. The molecule has 0 radical (unpaired) electrons. The molecule has 1 aromatic carbocycles. The van der Waals surface area contributed by atoms with Gasteiger partial charge in [-0.1, -0.05) is 30.0 Å². The van der Waals surface area contributed by atoms with Gasteiger partial charge in [0.2, 0.25) is 0 Å². The Balaban J connectivity index is 2.54. The maximum atomic E-state index is 12.3. The van der Waals surface area contributed by atoms with Crippen molar-refractivity contribution < 1.29 is 9.53 Å². The van der Waals surface area contributed by atoms with E-state index in [0.717, 1.165) is 0 Å². The zero-order valence-electron chi connectivity index (χ0n) is 14.1. The molecule has 0 aliphatic carbocycles. The number of benzene rings is 1. The van der Waals surface area contributed by atoms with Crippen LogP contribution in [0.1, 0.15) is 31.1 Å². The number of nitrogens with zero attached hydrogens (tertiary/aromatic N) is 1. The van der Waals surface area contributed by atoms with E-state index in [2.05, 4.69) is 32.6 Å². The number of carbonyl (C=O) groups excluding carboxylic acids is 1. The van der Waals surface area contributed by atoms with E-state index in [9.17, 15) is 4.79 Å². The molecule has 0 aliphatic rings. The molecule has 0 aromatic heterocycles. The Labute approximate surface area is 134 Å². The molecule has 3 heteroatoms. The van der Waals surface area contributed by atoms with Crippen LogP contribution in [0.5, 0.6) is 5.75 Å². The summed E-state index contributed by atoms with van der Waals surface area (Å²) in [5, 5.41) is 0. The third kappa shape index (κ3) is 6.60. The molecule has 118 valence electrons. The van der Waals surface area contributed by atoms with Gasteiger partial charge in [0.05, 0.1) is 19.2 Å². The van der Waals surface area contributed by atoms with Gasteiger partial charge in [-0.2, -0.15) is 0 Å². The van der Waals surface area contributed by atoms with Gasteiger partial charge in [-0.05, 0) is 46.0 Å². The van der Waals surface area contributed by atoms with Crippen molar-refractivity contribution in [1.82, 2.24) is 4.90 Å². The number of para-hydroxylation sites is 1. The highest BCUT2D eigenvalue weighted by Crippen LogP contribution is 2.17. The monoisotopic (exact) mass is 299 g/mol. The van der Waals surface area contributed by atoms with Crippen LogP contribution in [0.25, 0.3) is 0 Å². The van der Waals surface area contributed by atoms with E-state index in [1.807, 2.05) is 36.2 Å². The van der Waals surface area contributed by atoms with Gasteiger partial charge in [-0.25, -0.2) is 0 Å². The lowest BCUT2D eigenvalue weighted by molar-refractivity contribution is 0.0949. The van der Waals surface area contributed by atoms with E-state index in [4.69, 9.17) is 4.74 Å². The molecular formula is C19H25NO2. The number of ether oxygens (including phenoxy) is 1. The highest BCUT2D eigenvalue weighted by molar-refractivity contribution is 6.00. The first kappa shape index (κ1) is 18.0. The lowest BCUT2D eigenvalue weighted by Crippen LogP contribution is -2.26. The molecule has 1 rings (SSSR count). The Morgan fingerprint density at radius 3 is 2.64 bits per heavy atom. The van der Waals surface area contributed by atoms with Gasteiger partial charge in [-0.3, -0.25) is 9.69 Å². The summed E-state index contributed by atoms with van der Waals surface area (Å²) in [5.74, 6) is 6.83. The fourth-order valence-corrected chi connectivity index (χ4v) is 1.82. The highest BCUT2D eigenvalue weighted by Gasteiger charge is 2.12. The normalized spacial score (nSPS) is 11.4. The van der Waals surface area contributed by atoms with Gasteiger partial charge in [-0.15, -0.1) is 0 Å². The van der Waals surface area contributed by atoms with Gasteiger partial charge < -0.3 is 4.74 Å². The van der Waals surface area contributed by atoms with Crippen molar-refractivity contribution in [2.75, 3.05) is 27.2 Å². The average Bonchev–Trinajstić information content (AvgIpc) is 2.45. The molecule has 0 saturated carbocycles. The van der Waals surface area contributed by atoms with Crippen LogP contribution < -0.4 is 4.74 Å². The minimum atomic E-state index is 0.00999. The predicted octanol–water partition coefficient (Wildman–Crippen LogP) is 3.42. The molecule has 0 unspecified atom stereocenters. The highest BCUT2D eigenvalue weighted by atomic mass is 16.5. The summed E-state index contributed by atoms with van der Waals surface area (Å²) in [6.07, 6.45) is 3.81. The molecule has 0 N–H and O–H groups in total. The number of Topliss-reactive ketones (excluding diaryl/α,β-unsaturated/α-hetero) is 1. The van der Waals surface area contributed by atoms with Crippen LogP contribution in [0.3, 0.4) is 0 Å². The summed E-state index contributed by atoms with van der Waals surface area (Å²) in [5.41, 5.74) is 0.629. The molecule has 0 fully saturated rings. The zero-order valence-corrected chi connectivity index (χ0v) is 14.1. The largest absolute Gasteiger partial charge is 0.496 e. The third-order valence-corrected chi connectivity index (χ3v) is 2.89. The summed E-state index contributed by atoms with van der Waals surface area (Å²) in [6, 6.07) is 7.29. The number of methoxy groups -OCH3 is 1. The second kappa shape index (κ2) is 8.41. The summed E-state index contributed by atoms with van der Waals surface area (Å²) in [7, 11) is 3.49. The minimum Gasteiger partial charge on any atom is -0.496 e. The molecule has 0 heterocycles. The van der Waals surface area contributed by atoms with Crippen LogP contribution in [-0.4, -0.2) is 37.9 Å². The smallest absolute Gasteiger partial charge is 0.180 e. The summed E-state index contributed by atoms with van der Waals surface area (Å²) < 4.78 is 5.22. The minimum absolute atomic E-state index is 0.00999. The van der Waals surface area contributed by atoms with Crippen LogP contribution in [-0.2, 0) is 0 Å².